The zero-order valence-electron chi connectivity index (χ0n) is 16.8. The second-order valence-corrected chi connectivity index (χ2v) is 9.58. The Morgan fingerprint density at radius 1 is 0.964 bits per heavy atom. The minimum absolute atomic E-state index is 0.0420. The van der Waals surface area contributed by atoms with E-state index in [1.807, 2.05) is 24.3 Å². The fraction of sp³-hybridized carbons (Fsp3) is 0.619. The highest BCUT2D eigenvalue weighted by Gasteiger charge is 2.07. The van der Waals surface area contributed by atoms with Crippen LogP contribution >= 0.6 is 11.8 Å². The molecule has 1 atom stereocenters. The maximum Gasteiger partial charge on any atom is 0.303 e. The third kappa shape index (κ3) is 12.9. The Balaban J connectivity index is 2.21. The summed E-state index contributed by atoms with van der Waals surface area (Å²) in [6, 6.07) is 7.76. The Kier molecular flexibility index (Phi) is 13.7. The Morgan fingerprint density at radius 2 is 1.61 bits per heavy atom. The molecule has 28 heavy (non-hydrogen) atoms. The summed E-state index contributed by atoms with van der Waals surface area (Å²) in [5.74, 6) is 0.917. The maximum atomic E-state index is 12.2. The standard InChI is InChI=1S/C21H33NO4S2/c1-28(26)17-11-5-3-2-4-6-14-20(23)22-18-12-7-8-13-19(18)27-16-10-9-15-21(24)25/h7-8,12-13H,2-6,9-11,14-17H2,1H3,(H,22,23)(H,24,25). The molecule has 0 bridgehead atoms. The fourth-order valence-corrected chi connectivity index (χ4v) is 4.40. The molecule has 0 spiro atoms. The van der Waals surface area contributed by atoms with Crippen LogP contribution in [0.4, 0.5) is 5.69 Å². The zero-order valence-corrected chi connectivity index (χ0v) is 18.4. The summed E-state index contributed by atoms with van der Waals surface area (Å²) in [7, 11) is -0.686. The number of carbonyl (C=O) groups is 2. The maximum absolute atomic E-state index is 12.2. The van der Waals surface area contributed by atoms with Crippen molar-refractivity contribution in [2.75, 3.05) is 23.1 Å². The Hall–Kier alpha value is -1.34. The summed E-state index contributed by atoms with van der Waals surface area (Å²) in [5.41, 5.74) is 0.836. The van der Waals surface area contributed by atoms with Crippen LogP contribution in [0.25, 0.3) is 0 Å². The van der Waals surface area contributed by atoms with Gasteiger partial charge in [0.15, 0.2) is 0 Å². The second-order valence-electron chi connectivity index (χ2n) is 6.89. The Labute approximate surface area is 175 Å². The first-order valence-corrected chi connectivity index (χ1v) is 12.7. The number of aliphatic carboxylic acids is 1. The molecule has 0 radical (unpaired) electrons. The van der Waals surface area contributed by atoms with Crippen molar-refractivity contribution in [2.24, 2.45) is 0 Å². The molecule has 0 aliphatic heterocycles. The minimum Gasteiger partial charge on any atom is -0.481 e. The van der Waals surface area contributed by atoms with Gasteiger partial charge in [-0.3, -0.25) is 13.8 Å². The van der Waals surface area contributed by atoms with Crippen molar-refractivity contribution < 1.29 is 18.9 Å². The molecular weight excluding hydrogens is 394 g/mol. The van der Waals surface area contributed by atoms with Gasteiger partial charge in [-0.2, -0.15) is 0 Å². The molecule has 2 N–H and O–H groups in total. The molecule has 158 valence electrons. The van der Waals surface area contributed by atoms with E-state index >= 15 is 0 Å². The Morgan fingerprint density at radius 3 is 2.32 bits per heavy atom. The van der Waals surface area contributed by atoms with Crippen LogP contribution in [-0.4, -0.2) is 39.0 Å². The molecule has 7 heteroatoms. The van der Waals surface area contributed by atoms with E-state index in [1.54, 1.807) is 18.0 Å². The van der Waals surface area contributed by atoms with Crippen molar-refractivity contribution in [2.45, 2.75) is 69.1 Å². The van der Waals surface area contributed by atoms with Crippen LogP contribution < -0.4 is 5.32 Å². The number of para-hydroxylation sites is 1. The van der Waals surface area contributed by atoms with E-state index in [2.05, 4.69) is 5.32 Å². The number of hydrogen-bond donors (Lipinski definition) is 2. The van der Waals surface area contributed by atoms with E-state index in [4.69, 9.17) is 5.11 Å². The molecule has 1 aromatic carbocycles. The van der Waals surface area contributed by atoms with Gasteiger partial charge in [0.25, 0.3) is 0 Å². The summed E-state index contributed by atoms with van der Waals surface area (Å²) in [4.78, 5) is 23.8. The highest BCUT2D eigenvalue weighted by atomic mass is 32.2. The smallest absolute Gasteiger partial charge is 0.303 e. The average Bonchev–Trinajstić information content (AvgIpc) is 2.64. The number of thioether (sulfide) groups is 1. The summed E-state index contributed by atoms with van der Waals surface area (Å²) in [6.07, 6.45) is 10.3. The van der Waals surface area contributed by atoms with Crippen molar-refractivity contribution in [3.63, 3.8) is 0 Å². The fourth-order valence-electron chi connectivity index (χ4n) is 2.77. The molecule has 0 heterocycles. The van der Waals surface area contributed by atoms with Crippen molar-refractivity contribution in [1.82, 2.24) is 0 Å². The van der Waals surface area contributed by atoms with E-state index in [1.165, 1.54) is 0 Å². The lowest BCUT2D eigenvalue weighted by atomic mass is 10.1. The second kappa shape index (κ2) is 15.6. The number of anilines is 1. The minimum atomic E-state index is -0.755. The predicted molar refractivity (Wildman–Crippen MR) is 119 cm³/mol. The summed E-state index contributed by atoms with van der Waals surface area (Å²) in [5, 5.41) is 11.7. The van der Waals surface area contributed by atoms with Gasteiger partial charge in [-0.15, -0.1) is 11.8 Å². The highest BCUT2D eigenvalue weighted by Crippen LogP contribution is 2.28. The number of carbonyl (C=O) groups excluding carboxylic acids is 1. The van der Waals surface area contributed by atoms with Crippen LogP contribution in [0.15, 0.2) is 29.2 Å². The van der Waals surface area contributed by atoms with Crippen LogP contribution in [0.3, 0.4) is 0 Å². The number of rotatable bonds is 16. The molecule has 0 fully saturated rings. The monoisotopic (exact) mass is 427 g/mol. The van der Waals surface area contributed by atoms with Crippen molar-refractivity contribution in [3.05, 3.63) is 24.3 Å². The van der Waals surface area contributed by atoms with Crippen molar-refractivity contribution in [1.29, 1.82) is 0 Å². The molecule has 0 aromatic heterocycles. The van der Waals surface area contributed by atoms with Gasteiger partial charge in [0.05, 0.1) is 5.69 Å². The first-order valence-electron chi connectivity index (χ1n) is 10.0. The largest absolute Gasteiger partial charge is 0.481 e. The third-order valence-electron chi connectivity index (χ3n) is 4.29. The lowest BCUT2D eigenvalue weighted by molar-refractivity contribution is -0.137. The predicted octanol–water partition coefficient (Wildman–Crippen LogP) is 5.08. The van der Waals surface area contributed by atoms with Gasteiger partial charge >= 0.3 is 5.97 Å². The van der Waals surface area contributed by atoms with Gasteiger partial charge in [-0.05, 0) is 43.6 Å². The number of carboxylic acids is 1. The molecule has 5 nitrogen and oxygen atoms in total. The zero-order chi connectivity index (χ0) is 20.6. The summed E-state index contributed by atoms with van der Waals surface area (Å²) in [6.45, 7) is 0. The summed E-state index contributed by atoms with van der Waals surface area (Å²) >= 11 is 1.65. The van der Waals surface area contributed by atoms with Gasteiger partial charge in [0.1, 0.15) is 0 Å². The number of unbranched alkanes of at least 4 members (excludes halogenated alkanes) is 6. The number of carboxylic acid groups (broad SMARTS) is 1. The van der Waals surface area contributed by atoms with Gasteiger partial charge in [-0.25, -0.2) is 0 Å². The first kappa shape index (κ1) is 24.7. The third-order valence-corrected chi connectivity index (χ3v) is 6.31. The molecule has 1 rings (SSSR count). The van der Waals surface area contributed by atoms with E-state index in [0.717, 1.165) is 67.0 Å². The van der Waals surface area contributed by atoms with Gasteiger partial charge in [0, 0.05) is 40.5 Å². The number of nitrogens with one attached hydrogen (secondary N) is 1. The van der Waals surface area contributed by atoms with Crippen LogP contribution in [0.1, 0.15) is 64.2 Å². The topological polar surface area (TPSA) is 83.5 Å². The van der Waals surface area contributed by atoms with E-state index in [9.17, 15) is 13.8 Å². The number of benzene rings is 1. The molecule has 1 unspecified atom stereocenters. The van der Waals surface area contributed by atoms with Crippen LogP contribution in [-0.2, 0) is 20.4 Å². The lowest BCUT2D eigenvalue weighted by Crippen LogP contribution is -2.11. The van der Waals surface area contributed by atoms with Gasteiger partial charge < -0.3 is 10.4 Å². The quantitative estimate of drug-likeness (QED) is 0.284. The van der Waals surface area contributed by atoms with Crippen molar-refractivity contribution in [3.8, 4) is 0 Å². The normalized spacial score (nSPS) is 11.9. The molecule has 1 amide bonds. The van der Waals surface area contributed by atoms with E-state index < -0.39 is 16.8 Å². The Bertz CT molecular complexity index is 622. The molecule has 0 aliphatic carbocycles. The first-order chi connectivity index (χ1) is 13.5. The molecular formula is C21H33NO4S2. The van der Waals surface area contributed by atoms with E-state index in [-0.39, 0.29) is 12.3 Å². The average molecular weight is 428 g/mol. The van der Waals surface area contributed by atoms with Crippen molar-refractivity contribution >= 4 is 40.1 Å². The van der Waals surface area contributed by atoms with E-state index in [0.29, 0.717) is 12.8 Å². The number of hydrogen-bond acceptors (Lipinski definition) is 4. The van der Waals surface area contributed by atoms with Crippen LogP contribution in [0.2, 0.25) is 0 Å². The van der Waals surface area contributed by atoms with Crippen LogP contribution in [0, 0.1) is 0 Å². The lowest BCUT2D eigenvalue weighted by Gasteiger charge is -2.10. The SMILES string of the molecule is CS(=O)CCCCCCCCC(=O)Nc1ccccc1SCCCCC(=O)O. The highest BCUT2D eigenvalue weighted by molar-refractivity contribution is 7.99. The van der Waals surface area contributed by atoms with Gasteiger partial charge in [-0.1, -0.05) is 37.8 Å². The van der Waals surface area contributed by atoms with Gasteiger partial charge in [0.2, 0.25) is 5.91 Å². The van der Waals surface area contributed by atoms with Crippen LogP contribution in [0.5, 0.6) is 0 Å². The molecule has 0 saturated carbocycles. The molecule has 0 aliphatic rings. The summed E-state index contributed by atoms with van der Waals surface area (Å²) < 4.78 is 11.0. The molecule has 0 saturated heterocycles. The molecule has 1 aromatic rings. The number of amides is 1.